The topological polar surface area (TPSA) is 25.8 Å². The normalized spacial score (nSPS) is 11.8. The van der Waals surface area contributed by atoms with E-state index in [0.29, 0.717) is 10.8 Å². The molecule has 0 unspecified atom stereocenters. The van der Waals surface area contributed by atoms with E-state index < -0.39 is 3.79 Å². The van der Waals surface area contributed by atoms with Crippen molar-refractivity contribution in [1.82, 2.24) is 9.97 Å². The molecule has 0 saturated heterocycles. The number of aryl methyl sites for hydroxylation is 1. The maximum Gasteiger partial charge on any atom is 0.250 e. The van der Waals surface area contributed by atoms with Gasteiger partial charge < -0.3 is 0 Å². The van der Waals surface area contributed by atoms with Crippen molar-refractivity contribution in [2.24, 2.45) is 0 Å². The molecular weight excluding hydrogens is 254 g/mol. The lowest BCUT2D eigenvalue weighted by molar-refractivity contribution is 0.926. The van der Waals surface area contributed by atoms with Gasteiger partial charge in [-0.2, -0.15) is 0 Å². The molecule has 1 aromatic heterocycles. The van der Waals surface area contributed by atoms with Crippen LogP contribution in [0.3, 0.4) is 0 Å². The van der Waals surface area contributed by atoms with Crippen molar-refractivity contribution in [3.05, 3.63) is 22.2 Å². The largest absolute Gasteiger partial charge is 0.250 e. The molecule has 1 aromatic rings. The molecule has 0 bridgehead atoms. The Morgan fingerprint density at radius 3 is 2.00 bits per heavy atom. The first-order chi connectivity index (χ1) is 5.82. The van der Waals surface area contributed by atoms with Crippen LogP contribution >= 0.6 is 46.4 Å². The second-order valence-corrected chi connectivity index (χ2v) is 5.19. The fourth-order valence-electron chi connectivity index (χ4n) is 0.721. The average molecular weight is 260 g/mol. The van der Waals surface area contributed by atoms with Crippen LogP contribution < -0.4 is 0 Å². The highest BCUT2D eigenvalue weighted by molar-refractivity contribution is 6.66. The molecule has 0 spiro atoms. The van der Waals surface area contributed by atoms with Gasteiger partial charge >= 0.3 is 0 Å². The van der Waals surface area contributed by atoms with Crippen molar-refractivity contribution in [3.63, 3.8) is 0 Å². The van der Waals surface area contributed by atoms with Crippen LogP contribution in [-0.2, 0) is 3.79 Å². The zero-order chi connectivity index (χ0) is 10.2. The van der Waals surface area contributed by atoms with E-state index in [0.717, 1.165) is 5.56 Å². The number of nitrogens with zero attached hydrogens (tertiary/aromatic N) is 2. The number of halogens is 4. The number of hydrogen-bond acceptors (Lipinski definition) is 2. The molecule has 0 fully saturated rings. The second-order valence-electron chi connectivity index (χ2n) is 2.55. The predicted octanol–water partition coefficient (Wildman–Crippen LogP) is 3.57. The van der Waals surface area contributed by atoms with Gasteiger partial charge in [0.25, 0.3) is 0 Å². The predicted molar refractivity (Wildman–Crippen MR) is 55.8 cm³/mol. The van der Waals surface area contributed by atoms with Crippen LogP contribution in [0.4, 0.5) is 0 Å². The second kappa shape index (κ2) is 3.77. The highest BCUT2D eigenvalue weighted by Crippen LogP contribution is 2.36. The van der Waals surface area contributed by atoms with Gasteiger partial charge in [-0.1, -0.05) is 46.4 Å². The van der Waals surface area contributed by atoms with Crippen LogP contribution in [0, 0.1) is 13.8 Å². The van der Waals surface area contributed by atoms with Crippen molar-refractivity contribution >= 4 is 46.4 Å². The van der Waals surface area contributed by atoms with Gasteiger partial charge in [-0.3, -0.25) is 0 Å². The lowest BCUT2D eigenvalue weighted by atomic mass is 10.3. The Kier molecular flexibility index (Phi) is 3.29. The van der Waals surface area contributed by atoms with E-state index in [-0.39, 0.29) is 5.82 Å². The van der Waals surface area contributed by atoms with Gasteiger partial charge in [-0.05, 0) is 13.8 Å². The van der Waals surface area contributed by atoms with E-state index in [4.69, 9.17) is 46.4 Å². The third kappa shape index (κ3) is 2.59. The minimum absolute atomic E-state index is 0.102. The zero-order valence-electron chi connectivity index (χ0n) is 6.91. The van der Waals surface area contributed by atoms with E-state index in [1.807, 2.05) is 0 Å². The van der Waals surface area contributed by atoms with Crippen LogP contribution in [-0.4, -0.2) is 9.97 Å². The van der Waals surface area contributed by atoms with Crippen LogP contribution in [0.5, 0.6) is 0 Å². The van der Waals surface area contributed by atoms with Crippen molar-refractivity contribution in [2.75, 3.05) is 0 Å². The molecule has 0 aliphatic rings. The quantitative estimate of drug-likeness (QED) is 0.526. The Morgan fingerprint density at radius 1 is 1.08 bits per heavy atom. The summed E-state index contributed by atoms with van der Waals surface area (Å²) >= 11 is 22.6. The first kappa shape index (κ1) is 11.3. The van der Waals surface area contributed by atoms with E-state index in [1.54, 1.807) is 13.8 Å². The van der Waals surface area contributed by atoms with Gasteiger partial charge in [0.1, 0.15) is 5.15 Å². The summed E-state index contributed by atoms with van der Waals surface area (Å²) in [5.74, 6) is 0.102. The van der Waals surface area contributed by atoms with Crippen molar-refractivity contribution in [1.29, 1.82) is 0 Å². The standard InChI is InChI=1S/C7H6Cl4N2/c1-3-4(2)12-6(7(9,10)11)13-5(3)8/h1-2H3. The maximum absolute atomic E-state index is 5.80. The molecule has 13 heavy (non-hydrogen) atoms. The van der Waals surface area contributed by atoms with Gasteiger partial charge in [0.05, 0.1) is 0 Å². The first-order valence-electron chi connectivity index (χ1n) is 3.40. The summed E-state index contributed by atoms with van der Waals surface area (Å²) in [6, 6.07) is 0. The summed E-state index contributed by atoms with van der Waals surface area (Å²) in [7, 11) is 0. The summed E-state index contributed by atoms with van der Waals surface area (Å²) in [6.45, 7) is 3.59. The van der Waals surface area contributed by atoms with Crippen LogP contribution in [0.2, 0.25) is 5.15 Å². The number of aromatic nitrogens is 2. The summed E-state index contributed by atoms with van der Waals surface area (Å²) in [5, 5.41) is 0.314. The van der Waals surface area contributed by atoms with Gasteiger partial charge in [0.2, 0.25) is 3.79 Å². The van der Waals surface area contributed by atoms with E-state index in [9.17, 15) is 0 Å². The Labute approximate surface area is 96.2 Å². The fraction of sp³-hybridized carbons (Fsp3) is 0.429. The third-order valence-electron chi connectivity index (χ3n) is 1.58. The van der Waals surface area contributed by atoms with Crippen molar-refractivity contribution in [3.8, 4) is 0 Å². The van der Waals surface area contributed by atoms with Crippen molar-refractivity contribution in [2.45, 2.75) is 17.6 Å². The highest BCUT2D eigenvalue weighted by Gasteiger charge is 2.27. The molecule has 0 N–H and O–H groups in total. The molecule has 1 heterocycles. The molecule has 0 atom stereocenters. The molecule has 2 nitrogen and oxygen atoms in total. The minimum atomic E-state index is -1.62. The highest BCUT2D eigenvalue weighted by atomic mass is 35.6. The molecule has 1 rings (SSSR count). The Morgan fingerprint density at radius 2 is 1.62 bits per heavy atom. The summed E-state index contributed by atoms with van der Waals surface area (Å²) < 4.78 is -1.62. The summed E-state index contributed by atoms with van der Waals surface area (Å²) in [4.78, 5) is 7.88. The van der Waals surface area contributed by atoms with Crippen LogP contribution in [0.1, 0.15) is 17.1 Å². The number of rotatable bonds is 0. The van der Waals surface area contributed by atoms with Crippen LogP contribution in [0.25, 0.3) is 0 Å². The molecule has 72 valence electrons. The lowest BCUT2D eigenvalue weighted by Crippen LogP contribution is -2.09. The van der Waals surface area contributed by atoms with Gasteiger partial charge in [-0.25, -0.2) is 9.97 Å². The Balaban J connectivity index is 3.29. The molecule has 0 saturated carbocycles. The smallest absolute Gasteiger partial charge is 0.234 e. The SMILES string of the molecule is Cc1nc(C(Cl)(Cl)Cl)nc(Cl)c1C. The summed E-state index contributed by atoms with van der Waals surface area (Å²) in [5.41, 5.74) is 1.50. The number of alkyl halides is 3. The van der Waals surface area contributed by atoms with E-state index in [2.05, 4.69) is 9.97 Å². The molecule has 0 aromatic carbocycles. The van der Waals surface area contributed by atoms with E-state index in [1.165, 1.54) is 0 Å². The Bertz CT molecular complexity index is 309. The van der Waals surface area contributed by atoms with Gasteiger partial charge in [-0.15, -0.1) is 0 Å². The number of hydrogen-bond donors (Lipinski definition) is 0. The van der Waals surface area contributed by atoms with E-state index >= 15 is 0 Å². The zero-order valence-corrected chi connectivity index (χ0v) is 9.93. The summed E-state index contributed by atoms with van der Waals surface area (Å²) in [6.07, 6.45) is 0. The maximum atomic E-state index is 5.80. The molecule has 0 aliphatic carbocycles. The minimum Gasteiger partial charge on any atom is -0.234 e. The molecular formula is C7H6Cl4N2. The monoisotopic (exact) mass is 258 g/mol. The molecule has 0 aliphatic heterocycles. The molecule has 0 radical (unpaired) electrons. The fourth-order valence-corrected chi connectivity index (χ4v) is 1.19. The van der Waals surface area contributed by atoms with Gasteiger partial charge in [0.15, 0.2) is 5.82 Å². The lowest BCUT2D eigenvalue weighted by Gasteiger charge is -2.11. The third-order valence-corrected chi connectivity index (χ3v) is 2.46. The van der Waals surface area contributed by atoms with Gasteiger partial charge in [0, 0.05) is 11.3 Å². The average Bonchev–Trinajstić information content (AvgIpc) is 1.97. The van der Waals surface area contributed by atoms with Crippen molar-refractivity contribution < 1.29 is 0 Å². The van der Waals surface area contributed by atoms with Crippen LogP contribution in [0.15, 0.2) is 0 Å². The molecule has 6 heteroatoms. The first-order valence-corrected chi connectivity index (χ1v) is 4.91. The Hall–Kier alpha value is 0.240. The molecule has 0 amide bonds.